The van der Waals surface area contributed by atoms with Crippen LogP contribution in [0.1, 0.15) is 5.56 Å². The van der Waals surface area contributed by atoms with Crippen LogP contribution in [0.5, 0.6) is 0 Å². The van der Waals surface area contributed by atoms with Crippen LogP contribution < -0.4 is 10.6 Å². The normalized spacial score (nSPS) is 14.7. The number of carbonyl (C=O) groups is 3. The molecule has 1 heterocycles. The Bertz CT molecular complexity index is 854. The molecule has 0 saturated carbocycles. The molecule has 0 atom stereocenters. The van der Waals surface area contributed by atoms with E-state index >= 15 is 0 Å². The monoisotopic (exact) mass is 382 g/mol. The Hall–Kier alpha value is -2.93. The summed E-state index contributed by atoms with van der Waals surface area (Å²) in [5.41, 5.74) is 0.950. The lowest BCUT2D eigenvalue weighted by Gasteiger charge is -2.34. The Kier molecular flexibility index (Phi) is 6.60. The highest BCUT2D eigenvalue weighted by Gasteiger charge is 2.22. The van der Waals surface area contributed by atoms with E-state index in [0.717, 1.165) is 16.3 Å². The van der Waals surface area contributed by atoms with Crippen LogP contribution in [-0.2, 0) is 20.8 Å². The van der Waals surface area contributed by atoms with Crippen molar-refractivity contribution < 1.29 is 14.4 Å². The summed E-state index contributed by atoms with van der Waals surface area (Å²) in [5.74, 6) is -0.283. The molecule has 0 aromatic heterocycles. The topological polar surface area (TPSA) is 81.8 Å². The minimum atomic E-state index is -0.164. The zero-order chi connectivity index (χ0) is 19.9. The third-order valence-corrected chi connectivity index (χ3v) is 5.04. The van der Waals surface area contributed by atoms with Gasteiger partial charge in [-0.05, 0) is 16.3 Å². The number of fused-ring (bicyclic) bond motifs is 1. The summed E-state index contributed by atoms with van der Waals surface area (Å²) in [7, 11) is 1.61. The first-order valence-corrected chi connectivity index (χ1v) is 9.51. The van der Waals surface area contributed by atoms with Crippen molar-refractivity contribution in [1.29, 1.82) is 0 Å². The highest BCUT2D eigenvalue weighted by molar-refractivity contribution is 5.91. The van der Waals surface area contributed by atoms with Gasteiger partial charge in [-0.2, -0.15) is 0 Å². The van der Waals surface area contributed by atoms with E-state index in [1.54, 1.807) is 11.9 Å². The summed E-state index contributed by atoms with van der Waals surface area (Å²) < 4.78 is 0. The van der Waals surface area contributed by atoms with E-state index in [1.165, 1.54) is 0 Å². The van der Waals surface area contributed by atoms with E-state index in [4.69, 9.17) is 0 Å². The quantitative estimate of drug-likeness (QED) is 0.757. The molecule has 7 nitrogen and oxygen atoms in total. The van der Waals surface area contributed by atoms with Crippen molar-refractivity contribution >= 4 is 28.5 Å². The SMILES string of the molecule is CNC(=O)CN1CCN(C(=O)CNC(=O)Cc2cccc3ccccc23)CC1. The third kappa shape index (κ3) is 5.07. The predicted molar refractivity (Wildman–Crippen MR) is 108 cm³/mol. The van der Waals surface area contributed by atoms with Gasteiger partial charge in [-0.3, -0.25) is 19.3 Å². The molecular weight excluding hydrogens is 356 g/mol. The van der Waals surface area contributed by atoms with Gasteiger partial charge in [0, 0.05) is 33.2 Å². The maximum Gasteiger partial charge on any atom is 0.242 e. The molecule has 28 heavy (non-hydrogen) atoms. The summed E-state index contributed by atoms with van der Waals surface area (Å²) >= 11 is 0. The van der Waals surface area contributed by atoms with Crippen LogP contribution in [0.25, 0.3) is 10.8 Å². The van der Waals surface area contributed by atoms with Gasteiger partial charge in [0.15, 0.2) is 0 Å². The highest BCUT2D eigenvalue weighted by Crippen LogP contribution is 2.18. The van der Waals surface area contributed by atoms with E-state index in [0.29, 0.717) is 32.7 Å². The van der Waals surface area contributed by atoms with Crippen molar-refractivity contribution in [2.45, 2.75) is 6.42 Å². The molecule has 0 aliphatic carbocycles. The Morgan fingerprint density at radius 2 is 1.64 bits per heavy atom. The van der Waals surface area contributed by atoms with Gasteiger partial charge in [0.1, 0.15) is 0 Å². The standard InChI is InChI=1S/C21H26N4O3/c1-22-20(27)15-24-9-11-25(12-10-24)21(28)14-23-19(26)13-17-7-4-6-16-5-2-3-8-18(16)17/h2-8H,9-15H2,1H3,(H,22,27)(H,23,26). The smallest absolute Gasteiger partial charge is 0.242 e. The second-order valence-corrected chi connectivity index (χ2v) is 6.92. The van der Waals surface area contributed by atoms with E-state index in [-0.39, 0.29) is 30.7 Å². The molecule has 0 bridgehead atoms. The number of likely N-dealkylation sites (N-methyl/N-ethyl adjacent to an activating group) is 1. The van der Waals surface area contributed by atoms with Crippen molar-refractivity contribution in [3.05, 3.63) is 48.0 Å². The molecule has 1 fully saturated rings. The molecule has 7 heteroatoms. The first kappa shape index (κ1) is 19.8. The van der Waals surface area contributed by atoms with Crippen LogP contribution in [0.15, 0.2) is 42.5 Å². The van der Waals surface area contributed by atoms with Crippen molar-refractivity contribution in [2.24, 2.45) is 0 Å². The van der Waals surface area contributed by atoms with Crippen LogP contribution in [0.2, 0.25) is 0 Å². The van der Waals surface area contributed by atoms with Crippen LogP contribution in [0.3, 0.4) is 0 Å². The Labute approximate surface area is 164 Å². The van der Waals surface area contributed by atoms with Crippen LogP contribution in [0.4, 0.5) is 0 Å². The van der Waals surface area contributed by atoms with Crippen LogP contribution in [0, 0.1) is 0 Å². The Morgan fingerprint density at radius 3 is 2.39 bits per heavy atom. The van der Waals surface area contributed by atoms with Gasteiger partial charge in [-0.25, -0.2) is 0 Å². The number of piperazine rings is 1. The summed E-state index contributed by atoms with van der Waals surface area (Å²) in [6, 6.07) is 13.8. The van der Waals surface area contributed by atoms with Crippen molar-refractivity contribution in [3.63, 3.8) is 0 Å². The number of benzene rings is 2. The average Bonchev–Trinajstić information content (AvgIpc) is 2.72. The molecule has 148 valence electrons. The van der Waals surface area contributed by atoms with Crippen LogP contribution >= 0.6 is 0 Å². The average molecular weight is 382 g/mol. The number of nitrogens with zero attached hydrogens (tertiary/aromatic N) is 2. The fourth-order valence-electron chi connectivity index (χ4n) is 3.41. The Balaban J connectivity index is 1.46. The maximum atomic E-state index is 12.4. The summed E-state index contributed by atoms with van der Waals surface area (Å²) in [6.45, 7) is 2.79. The molecule has 1 saturated heterocycles. The van der Waals surface area contributed by atoms with Gasteiger partial charge >= 0.3 is 0 Å². The van der Waals surface area contributed by atoms with E-state index < -0.39 is 0 Å². The van der Waals surface area contributed by atoms with Gasteiger partial charge in [-0.1, -0.05) is 42.5 Å². The number of hydrogen-bond acceptors (Lipinski definition) is 4. The number of rotatable bonds is 6. The van der Waals surface area contributed by atoms with Crippen molar-refractivity contribution in [2.75, 3.05) is 46.3 Å². The summed E-state index contributed by atoms with van der Waals surface area (Å²) in [4.78, 5) is 39.9. The molecule has 0 unspecified atom stereocenters. The zero-order valence-corrected chi connectivity index (χ0v) is 16.1. The number of hydrogen-bond donors (Lipinski definition) is 2. The van der Waals surface area contributed by atoms with E-state index in [9.17, 15) is 14.4 Å². The molecule has 2 N–H and O–H groups in total. The van der Waals surface area contributed by atoms with Gasteiger partial charge in [-0.15, -0.1) is 0 Å². The zero-order valence-electron chi connectivity index (χ0n) is 16.1. The van der Waals surface area contributed by atoms with Gasteiger partial charge in [0.25, 0.3) is 0 Å². The lowest BCUT2D eigenvalue weighted by Crippen LogP contribution is -2.52. The number of carbonyl (C=O) groups excluding carboxylic acids is 3. The highest BCUT2D eigenvalue weighted by atomic mass is 16.2. The molecule has 1 aliphatic heterocycles. The Morgan fingerprint density at radius 1 is 0.929 bits per heavy atom. The minimum Gasteiger partial charge on any atom is -0.358 e. The molecule has 2 aromatic carbocycles. The second-order valence-electron chi connectivity index (χ2n) is 6.92. The first-order chi connectivity index (χ1) is 13.6. The molecule has 3 rings (SSSR count). The summed E-state index contributed by atoms with van der Waals surface area (Å²) in [6.07, 6.45) is 0.245. The van der Waals surface area contributed by atoms with Gasteiger partial charge < -0.3 is 15.5 Å². The third-order valence-electron chi connectivity index (χ3n) is 5.04. The van der Waals surface area contributed by atoms with Crippen molar-refractivity contribution in [1.82, 2.24) is 20.4 Å². The second kappa shape index (κ2) is 9.32. The molecule has 3 amide bonds. The number of nitrogens with one attached hydrogen (secondary N) is 2. The van der Waals surface area contributed by atoms with Crippen molar-refractivity contribution in [3.8, 4) is 0 Å². The number of amides is 3. The minimum absolute atomic E-state index is 0.000947. The maximum absolute atomic E-state index is 12.4. The lowest BCUT2D eigenvalue weighted by atomic mass is 10.0. The first-order valence-electron chi connectivity index (χ1n) is 9.51. The summed E-state index contributed by atoms with van der Waals surface area (Å²) in [5, 5.41) is 7.49. The molecule has 0 spiro atoms. The fourth-order valence-corrected chi connectivity index (χ4v) is 3.41. The molecule has 1 aliphatic rings. The fraction of sp³-hybridized carbons (Fsp3) is 0.381. The molecular formula is C21H26N4O3. The van der Waals surface area contributed by atoms with Gasteiger partial charge in [0.05, 0.1) is 19.5 Å². The lowest BCUT2D eigenvalue weighted by molar-refractivity contribution is -0.134. The molecule has 2 aromatic rings. The van der Waals surface area contributed by atoms with Gasteiger partial charge in [0.2, 0.25) is 17.7 Å². The van der Waals surface area contributed by atoms with E-state index in [2.05, 4.69) is 10.6 Å². The van der Waals surface area contributed by atoms with E-state index in [1.807, 2.05) is 47.4 Å². The largest absolute Gasteiger partial charge is 0.358 e. The predicted octanol–water partition coefficient (Wildman–Crippen LogP) is 0.389. The van der Waals surface area contributed by atoms with Crippen LogP contribution in [-0.4, -0.2) is 73.8 Å². The molecule has 0 radical (unpaired) electrons.